The van der Waals surface area contributed by atoms with Crippen molar-refractivity contribution in [2.75, 3.05) is 18.4 Å². The Labute approximate surface area is 107 Å². The molecule has 1 aliphatic rings. The summed E-state index contributed by atoms with van der Waals surface area (Å²) in [6.45, 7) is 4.39. The summed E-state index contributed by atoms with van der Waals surface area (Å²) in [5.74, 6) is 0.949. The molecular weight excluding hydrogens is 224 g/mol. The number of fused-ring (bicyclic) bond motifs is 1. The molecule has 94 valence electrons. The van der Waals surface area contributed by atoms with E-state index in [1.165, 1.54) is 0 Å². The first-order chi connectivity index (χ1) is 8.77. The molecule has 18 heavy (non-hydrogen) atoms. The molecule has 0 radical (unpaired) electrons. The molecule has 1 saturated heterocycles. The van der Waals surface area contributed by atoms with E-state index in [4.69, 9.17) is 0 Å². The highest BCUT2D eigenvalue weighted by Gasteiger charge is 2.27. The summed E-state index contributed by atoms with van der Waals surface area (Å²) in [6, 6.07) is 8.13. The summed E-state index contributed by atoms with van der Waals surface area (Å²) in [5, 5.41) is 8.10. The molecule has 1 aromatic heterocycles. The average Bonchev–Trinajstić information content (AvgIpc) is 2.40. The Morgan fingerprint density at radius 2 is 1.94 bits per heavy atom. The lowest BCUT2D eigenvalue weighted by Crippen LogP contribution is -2.45. The Morgan fingerprint density at radius 1 is 1.17 bits per heavy atom. The van der Waals surface area contributed by atoms with E-state index in [2.05, 4.69) is 33.6 Å². The van der Waals surface area contributed by atoms with Gasteiger partial charge in [0.05, 0.1) is 5.52 Å². The number of anilines is 1. The lowest BCUT2D eigenvalue weighted by Gasteiger charge is -2.35. The molecule has 1 fully saturated rings. The van der Waals surface area contributed by atoms with Crippen LogP contribution in [0.1, 0.15) is 19.8 Å². The number of hydrogen-bond donors (Lipinski definition) is 2. The van der Waals surface area contributed by atoms with E-state index >= 15 is 0 Å². The highest BCUT2D eigenvalue weighted by Crippen LogP contribution is 2.26. The van der Waals surface area contributed by atoms with Crippen molar-refractivity contribution in [3.8, 4) is 0 Å². The number of rotatable bonds is 2. The maximum Gasteiger partial charge on any atom is 0.137 e. The van der Waals surface area contributed by atoms with E-state index in [0.29, 0.717) is 0 Å². The molecule has 0 saturated carbocycles. The van der Waals surface area contributed by atoms with Crippen molar-refractivity contribution in [1.29, 1.82) is 0 Å². The van der Waals surface area contributed by atoms with Crippen LogP contribution in [0.4, 0.5) is 5.82 Å². The molecule has 0 bridgehead atoms. The zero-order valence-electron chi connectivity index (χ0n) is 10.6. The summed E-state index contributed by atoms with van der Waals surface area (Å²) >= 11 is 0. The lowest BCUT2D eigenvalue weighted by atomic mass is 9.90. The Balaban J connectivity index is 1.94. The van der Waals surface area contributed by atoms with E-state index in [1.54, 1.807) is 6.33 Å². The molecule has 0 unspecified atom stereocenters. The predicted molar refractivity (Wildman–Crippen MR) is 73.7 cm³/mol. The summed E-state index contributed by atoms with van der Waals surface area (Å²) in [4.78, 5) is 8.70. The second-order valence-corrected chi connectivity index (χ2v) is 5.18. The molecule has 4 heteroatoms. The van der Waals surface area contributed by atoms with Crippen molar-refractivity contribution in [3.05, 3.63) is 30.6 Å². The van der Waals surface area contributed by atoms with Gasteiger partial charge < -0.3 is 10.6 Å². The first kappa shape index (κ1) is 11.4. The summed E-state index contributed by atoms with van der Waals surface area (Å²) in [6.07, 6.45) is 3.87. The van der Waals surface area contributed by atoms with Crippen molar-refractivity contribution in [3.63, 3.8) is 0 Å². The van der Waals surface area contributed by atoms with Gasteiger partial charge in [-0.1, -0.05) is 12.1 Å². The fourth-order valence-electron chi connectivity index (χ4n) is 2.49. The molecule has 2 heterocycles. The van der Waals surface area contributed by atoms with Gasteiger partial charge in [0.2, 0.25) is 0 Å². The number of aromatic nitrogens is 2. The van der Waals surface area contributed by atoms with Crippen molar-refractivity contribution >= 4 is 16.7 Å². The Morgan fingerprint density at radius 3 is 2.78 bits per heavy atom. The number of nitrogens with one attached hydrogen (secondary N) is 2. The van der Waals surface area contributed by atoms with E-state index in [9.17, 15) is 0 Å². The third-order valence-electron chi connectivity index (χ3n) is 3.67. The van der Waals surface area contributed by atoms with Crippen LogP contribution in [0.5, 0.6) is 0 Å². The fraction of sp³-hybridized carbons (Fsp3) is 0.429. The highest BCUT2D eigenvalue weighted by molar-refractivity contribution is 5.88. The second kappa shape index (κ2) is 4.53. The third kappa shape index (κ3) is 2.16. The fourth-order valence-corrected chi connectivity index (χ4v) is 2.49. The van der Waals surface area contributed by atoms with Gasteiger partial charge in [-0.3, -0.25) is 0 Å². The Hall–Kier alpha value is -1.68. The first-order valence-corrected chi connectivity index (χ1v) is 6.46. The summed E-state index contributed by atoms with van der Waals surface area (Å²) in [5.41, 5.74) is 1.12. The topological polar surface area (TPSA) is 49.8 Å². The van der Waals surface area contributed by atoms with Crippen LogP contribution in [-0.2, 0) is 0 Å². The zero-order chi connectivity index (χ0) is 12.4. The van der Waals surface area contributed by atoms with Gasteiger partial charge in [0, 0.05) is 10.9 Å². The second-order valence-electron chi connectivity index (χ2n) is 5.18. The average molecular weight is 242 g/mol. The van der Waals surface area contributed by atoms with Gasteiger partial charge in [-0.15, -0.1) is 0 Å². The molecule has 0 aliphatic carbocycles. The molecule has 0 spiro atoms. The Bertz CT molecular complexity index is 541. The highest BCUT2D eigenvalue weighted by atomic mass is 15.1. The van der Waals surface area contributed by atoms with Crippen LogP contribution < -0.4 is 10.6 Å². The maximum atomic E-state index is 4.40. The molecule has 2 N–H and O–H groups in total. The molecule has 3 rings (SSSR count). The molecule has 1 aromatic carbocycles. The molecule has 0 atom stereocenters. The van der Waals surface area contributed by atoms with Crippen molar-refractivity contribution in [2.45, 2.75) is 25.3 Å². The quantitative estimate of drug-likeness (QED) is 0.847. The van der Waals surface area contributed by atoms with E-state index < -0.39 is 0 Å². The zero-order valence-corrected chi connectivity index (χ0v) is 10.6. The van der Waals surface area contributed by atoms with Crippen LogP contribution in [-0.4, -0.2) is 28.6 Å². The minimum absolute atomic E-state index is 0.127. The van der Waals surface area contributed by atoms with Gasteiger partial charge >= 0.3 is 0 Å². The standard InChI is InChI=1S/C14H18N4/c1-14(6-8-15-9-7-14)18-13-11-4-2-3-5-12(11)16-10-17-13/h2-5,10,15H,6-9H2,1H3,(H,16,17,18). The minimum Gasteiger partial charge on any atom is -0.364 e. The SMILES string of the molecule is CC1(Nc2ncnc3ccccc23)CCNCC1. The van der Waals surface area contributed by atoms with E-state index in [0.717, 1.165) is 42.7 Å². The van der Waals surface area contributed by atoms with Gasteiger partial charge in [0.1, 0.15) is 12.1 Å². The largest absolute Gasteiger partial charge is 0.364 e. The third-order valence-corrected chi connectivity index (χ3v) is 3.67. The first-order valence-electron chi connectivity index (χ1n) is 6.46. The van der Waals surface area contributed by atoms with E-state index in [1.807, 2.05) is 18.2 Å². The van der Waals surface area contributed by atoms with Gasteiger partial charge in [-0.05, 0) is 45.0 Å². The lowest BCUT2D eigenvalue weighted by molar-refractivity contribution is 0.364. The van der Waals surface area contributed by atoms with Gasteiger partial charge in [-0.25, -0.2) is 9.97 Å². The van der Waals surface area contributed by atoms with Crippen LogP contribution in [0.25, 0.3) is 10.9 Å². The number of piperidine rings is 1. The van der Waals surface area contributed by atoms with Crippen molar-refractivity contribution in [1.82, 2.24) is 15.3 Å². The van der Waals surface area contributed by atoms with Crippen LogP contribution in [0.2, 0.25) is 0 Å². The normalized spacial score (nSPS) is 18.7. The van der Waals surface area contributed by atoms with Crippen LogP contribution >= 0.6 is 0 Å². The number of hydrogen-bond acceptors (Lipinski definition) is 4. The van der Waals surface area contributed by atoms with Crippen molar-refractivity contribution < 1.29 is 0 Å². The summed E-state index contributed by atoms with van der Waals surface area (Å²) in [7, 11) is 0. The van der Waals surface area contributed by atoms with Crippen LogP contribution in [0.3, 0.4) is 0 Å². The minimum atomic E-state index is 0.127. The predicted octanol–water partition coefficient (Wildman–Crippen LogP) is 2.18. The number of para-hydroxylation sites is 1. The van der Waals surface area contributed by atoms with Gasteiger partial charge in [0.25, 0.3) is 0 Å². The molecule has 2 aromatic rings. The molecule has 1 aliphatic heterocycles. The molecule has 0 amide bonds. The number of benzene rings is 1. The smallest absolute Gasteiger partial charge is 0.137 e. The van der Waals surface area contributed by atoms with Gasteiger partial charge in [0.15, 0.2) is 0 Å². The van der Waals surface area contributed by atoms with Gasteiger partial charge in [-0.2, -0.15) is 0 Å². The van der Waals surface area contributed by atoms with Crippen molar-refractivity contribution in [2.24, 2.45) is 0 Å². The summed E-state index contributed by atoms with van der Waals surface area (Å²) < 4.78 is 0. The van der Waals surface area contributed by atoms with E-state index in [-0.39, 0.29) is 5.54 Å². The molecule has 4 nitrogen and oxygen atoms in total. The van der Waals surface area contributed by atoms with Crippen LogP contribution in [0.15, 0.2) is 30.6 Å². The number of nitrogens with zero attached hydrogens (tertiary/aromatic N) is 2. The maximum absolute atomic E-state index is 4.40. The monoisotopic (exact) mass is 242 g/mol. The molecular formula is C14H18N4. The Kier molecular flexibility index (Phi) is 2.88. The van der Waals surface area contributed by atoms with Crippen LogP contribution in [0, 0.1) is 0 Å².